The Kier molecular flexibility index (Phi) is 4.57. The number of nitrogens with one attached hydrogen (secondary N) is 1. The van der Waals surface area contributed by atoms with E-state index in [0.29, 0.717) is 6.42 Å². The number of aromatic amines is 1. The average molecular weight is 377 g/mol. The average Bonchev–Trinajstić information content (AvgIpc) is 3.03. The van der Waals surface area contributed by atoms with Crippen molar-refractivity contribution in [2.24, 2.45) is 0 Å². The number of hydrogen-bond donors (Lipinski definition) is 1. The van der Waals surface area contributed by atoms with E-state index in [0.717, 1.165) is 41.1 Å². The summed E-state index contributed by atoms with van der Waals surface area (Å²) in [6.07, 6.45) is 2.35. The number of amides is 1. The summed E-state index contributed by atoms with van der Waals surface area (Å²) in [7, 11) is 1.90. The number of carbonyl (C=O) groups is 1. The van der Waals surface area contributed by atoms with Gasteiger partial charge < -0.3 is 14.8 Å². The molecule has 0 spiro atoms. The number of anilines is 1. The molecule has 0 bridgehead atoms. The summed E-state index contributed by atoms with van der Waals surface area (Å²) in [5, 5.41) is 9.85. The number of hydrogen-bond acceptors (Lipinski definition) is 4. The minimum atomic E-state index is -0.00194. The van der Waals surface area contributed by atoms with Crippen LogP contribution in [-0.4, -0.2) is 52.2 Å². The number of benzene rings is 1. The maximum Gasteiger partial charge on any atom is 0.227 e. The van der Waals surface area contributed by atoms with E-state index >= 15 is 0 Å². The molecular formula is C22H27N5O. The molecule has 0 unspecified atom stereocenters. The van der Waals surface area contributed by atoms with Crippen LogP contribution in [0.4, 0.5) is 5.82 Å². The van der Waals surface area contributed by atoms with Crippen molar-refractivity contribution in [1.82, 2.24) is 20.1 Å². The van der Waals surface area contributed by atoms with E-state index in [-0.39, 0.29) is 17.4 Å². The Morgan fingerprint density at radius 2 is 1.93 bits per heavy atom. The van der Waals surface area contributed by atoms with E-state index < -0.39 is 0 Å². The lowest BCUT2D eigenvalue weighted by Gasteiger charge is -2.44. The van der Waals surface area contributed by atoms with E-state index in [4.69, 9.17) is 0 Å². The smallest absolute Gasteiger partial charge is 0.227 e. The van der Waals surface area contributed by atoms with E-state index in [9.17, 15) is 4.79 Å². The Bertz CT molecular complexity index is 980. The standard InChI is InChI=1S/C22H27N5O/c1-22(2,3)19-9-10-20(25-24-19)27-13-16(14-27)26(4)21(28)11-15-12-23-18-8-6-5-7-17(15)18/h5-10,12,16,23H,11,13-14H2,1-4H3. The Labute approximate surface area is 165 Å². The Balaban J connectivity index is 1.35. The molecule has 28 heavy (non-hydrogen) atoms. The Morgan fingerprint density at radius 3 is 2.61 bits per heavy atom. The van der Waals surface area contributed by atoms with Gasteiger partial charge in [-0.05, 0) is 23.8 Å². The van der Waals surface area contributed by atoms with Crippen LogP contribution in [0.2, 0.25) is 0 Å². The van der Waals surface area contributed by atoms with Crippen molar-refractivity contribution in [1.29, 1.82) is 0 Å². The molecule has 1 N–H and O–H groups in total. The fourth-order valence-corrected chi connectivity index (χ4v) is 3.55. The monoisotopic (exact) mass is 377 g/mol. The molecule has 3 heterocycles. The van der Waals surface area contributed by atoms with Gasteiger partial charge in [-0.25, -0.2) is 0 Å². The summed E-state index contributed by atoms with van der Waals surface area (Å²) in [5.41, 5.74) is 3.10. The third-order valence-corrected chi connectivity index (χ3v) is 5.56. The zero-order chi connectivity index (χ0) is 19.9. The molecule has 3 aromatic rings. The van der Waals surface area contributed by atoms with Gasteiger partial charge >= 0.3 is 0 Å². The number of fused-ring (bicyclic) bond motifs is 1. The van der Waals surface area contributed by atoms with Gasteiger partial charge in [0.2, 0.25) is 5.91 Å². The first-order chi connectivity index (χ1) is 13.3. The molecule has 1 fully saturated rings. The van der Waals surface area contributed by atoms with Crippen molar-refractivity contribution in [2.75, 3.05) is 25.0 Å². The molecule has 1 aliphatic heterocycles. The largest absolute Gasteiger partial charge is 0.361 e. The lowest BCUT2D eigenvalue weighted by atomic mass is 9.92. The van der Waals surface area contributed by atoms with Crippen LogP contribution in [0.1, 0.15) is 32.0 Å². The van der Waals surface area contributed by atoms with Crippen LogP contribution in [0.3, 0.4) is 0 Å². The van der Waals surface area contributed by atoms with Gasteiger partial charge in [-0.1, -0.05) is 39.0 Å². The number of aromatic nitrogens is 3. The topological polar surface area (TPSA) is 65.1 Å². The lowest BCUT2D eigenvalue weighted by Crippen LogP contribution is -2.60. The van der Waals surface area contributed by atoms with Crippen LogP contribution in [0.25, 0.3) is 10.9 Å². The number of carbonyl (C=O) groups excluding carboxylic acids is 1. The van der Waals surface area contributed by atoms with Crippen molar-refractivity contribution in [3.8, 4) is 0 Å². The number of H-pyrrole nitrogens is 1. The van der Waals surface area contributed by atoms with Gasteiger partial charge in [0.15, 0.2) is 5.82 Å². The summed E-state index contributed by atoms with van der Waals surface area (Å²) in [6, 6.07) is 12.4. The van der Waals surface area contributed by atoms with Gasteiger partial charge in [0, 0.05) is 42.7 Å². The van der Waals surface area contributed by atoms with E-state index in [1.165, 1.54) is 0 Å². The number of rotatable bonds is 4. The summed E-state index contributed by atoms with van der Waals surface area (Å²) in [5.74, 6) is 1.02. The molecule has 0 aliphatic carbocycles. The van der Waals surface area contributed by atoms with Crippen LogP contribution in [0.5, 0.6) is 0 Å². The third kappa shape index (κ3) is 3.46. The van der Waals surface area contributed by atoms with Crippen molar-refractivity contribution in [2.45, 2.75) is 38.6 Å². The summed E-state index contributed by atoms with van der Waals surface area (Å²) >= 11 is 0. The molecule has 6 nitrogen and oxygen atoms in total. The highest BCUT2D eigenvalue weighted by atomic mass is 16.2. The van der Waals surface area contributed by atoms with Crippen LogP contribution in [0, 0.1) is 0 Å². The normalized spacial score (nSPS) is 14.9. The first-order valence-electron chi connectivity index (χ1n) is 9.73. The molecule has 0 saturated carbocycles. The number of para-hydroxylation sites is 1. The third-order valence-electron chi connectivity index (χ3n) is 5.56. The molecule has 0 radical (unpaired) electrons. The maximum atomic E-state index is 12.8. The van der Waals surface area contributed by atoms with Crippen molar-refractivity contribution >= 4 is 22.6 Å². The van der Waals surface area contributed by atoms with E-state index in [1.54, 1.807) is 0 Å². The van der Waals surface area contributed by atoms with Crippen LogP contribution < -0.4 is 4.90 Å². The second-order valence-electron chi connectivity index (χ2n) is 8.63. The minimum absolute atomic E-state index is 0.00194. The highest BCUT2D eigenvalue weighted by Gasteiger charge is 2.33. The maximum absolute atomic E-state index is 12.8. The predicted octanol–water partition coefficient (Wildman–Crippen LogP) is 3.15. The van der Waals surface area contributed by atoms with E-state index in [2.05, 4.69) is 46.9 Å². The highest BCUT2D eigenvalue weighted by molar-refractivity contribution is 5.89. The summed E-state index contributed by atoms with van der Waals surface area (Å²) in [4.78, 5) is 20.0. The first kappa shape index (κ1) is 18.5. The van der Waals surface area contributed by atoms with Crippen molar-refractivity contribution in [3.05, 3.63) is 53.9 Å². The van der Waals surface area contributed by atoms with Crippen LogP contribution >= 0.6 is 0 Å². The molecule has 6 heteroatoms. The van der Waals surface area contributed by atoms with Gasteiger partial charge in [0.05, 0.1) is 18.2 Å². The second kappa shape index (κ2) is 6.93. The molecule has 1 saturated heterocycles. The first-order valence-corrected chi connectivity index (χ1v) is 9.73. The number of likely N-dealkylation sites (N-methyl/N-ethyl adjacent to an activating group) is 1. The molecule has 0 atom stereocenters. The molecule has 1 aromatic carbocycles. The molecule has 1 aliphatic rings. The molecular weight excluding hydrogens is 350 g/mol. The fraction of sp³-hybridized carbons (Fsp3) is 0.409. The highest BCUT2D eigenvalue weighted by Crippen LogP contribution is 2.25. The Hall–Kier alpha value is -2.89. The van der Waals surface area contributed by atoms with Crippen molar-refractivity contribution < 1.29 is 4.79 Å². The zero-order valence-electron chi connectivity index (χ0n) is 16.9. The van der Waals surface area contributed by atoms with Gasteiger partial charge in [-0.15, -0.1) is 5.10 Å². The summed E-state index contributed by atoms with van der Waals surface area (Å²) in [6.45, 7) is 7.97. The lowest BCUT2D eigenvalue weighted by molar-refractivity contribution is -0.131. The summed E-state index contributed by atoms with van der Waals surface area (Å²) < 4.78 is 0. The number of nitrogens with zero attached hydrogens (tertiary/aromatic N) is 4. The Morgan fingerprint density at radius 1 is 1.18 bits per heavy atom. The van der Waals surface area contributed by atoms with Gasteiger partial charge in [0.25, 0.3) is 0 Å². The fourth-order valence-electron chi connectivity index (χ4n) is 3.55. The van der Waals surface area contributed by atoms with Gasteiger partial charge in [-0.2, -0.15) is 5.10 Å². The van der Waals surface area contributed by atoms with Crippen LogP contribution in [0.15, 0.2) is 42.6 Å². The minimum Gasteiger partial charge on any atom is -0.361 e. The molecule has 146 valence electrons. The quantitative estimate of drug-likeness (QED) is 0.759. The SMILES string of the molecule is CN(C(=O)Cc1c[nH]c2ccccc12)C1CN(c2ccc(C(C)(C)C)nn2)C1. The molecule has 1 amide bonds. The zero-order valence-corrected chi connectivity index (χ0v) is 16.9. The predicted molar refractivity (Wildman–Crippen MR) is 112 cm³/mol. The van der Waals surface area contributed by atoms with Gasteiger partial charge in [0.1, 0.15) is 0 Å². The molecule has 4 rings (SSSR count). The second-order valence-corrected chi connectivity index (χ2v) is 8.63. The molecule has 2 aromatic heterocycles. The van der Waals surface area contributed by atoms with E-state index in [1.807, 2.05) is 48.5 Å². The van der Waals surface area contributed by atoms with Crippen LogP contribution in [-0.2, 0) is 16.6 Å². The van der Waals surface area contributed by atoms with Gasteiger partial charge in [-0.3, -0.25) is 4.79 Å². The van der Waals surface area contributed by atoms with Crippen molar-refractivity contribution in [3.63, 3.8) is 0 Å².